The quantitative estimate of drug-likeness (QED) is 0.588. The van der Waals surface area contributed by atoms with Crippen LogP contribution in [0.3, 0.4) is 0 Å². The largest absolute Gasteiger partial charge is 0.399 e. The molecule has 0 saturated heterocycles. The first-order valence-corrected chi connectivity index (χ1v) is 4.01. The molecule has 0 bridgehead atoms. The number of hydrogen-bond acceptors (Lipinski definition) is 2. The van der Waals surface area contributed by atoms with Crippen molar-refractivity contribution >= 4 is 23.9 Å². The predicted molar refractivity (Wildman–Crippen MR) is 57.3 cm³/mol. The van der Waals surface area contributed by atoms with E-state index in [2.05, 4.69) is 0 Å². The van der Waals surface area contributed by atoms with Crippen molar-refractivity contribution in [3.63, 3.8) is 0 Å². The van der Waals surface area contributed by atoms with E-state index in [-0.39, 0.29) is 24.1 Å². The first kappa shape index (κ1) is 12.0. The third-order valence-electron chi connectivity index (χ3n) is 1.72. The van der Waals surface area contributed by atoms with Gasteiger partial charge in [0.05, 0.1) is 0 Å². The van der Waals surface area contributed by atoms with Gasteiger partial charge in [0.1, 0.15) is 0 Å². The number of anilines is 1. The van der Waals surface area contributed by atoms with Crippen molar-refractivity contribution in [3.8, 4) is 0 Å². The van der Waals surface area contributed by atoms with E-state index in [0.29, 0.717) is 5.69 Å². The topological polar surface area (TPSA) is 43.1 Å². The summed E-state index contributed by atoms with van der Waals surface area (Å²) < 4.78 is 0. The number of hydrogen-bond donors (Lipinski definition) is 1. The van der Waals surface area contributed by atoms with Gasteiger partial charge in [-0.25, -0.2) is 0 Å². The van der Waals surface area contributed by atoms with E-state index >= 15 is 0 Å². The van der Waals surface area contributed by atoms with Crippen molar-refractivity contribution < 1.29 is 4.79 Å². The molecule has 13 heavy (non-hydrogen) atoms. The summed E-state index contributed by atoms with van der Waals surface area (Å²) in [7, 11) is 0. The molecule has 0 saturated carbocycles. The standard InChI is InChI=1S/C10H13NO.ClH/c1-7(2)10(12)8-3-5-9(11)6-4-8;/h3-7H,11H2,1-2H3;1H. The second-order valence-corrected chi connectivity index (χ2v) is 3.14. The van der Waals surface area contributed by atoms with Gasteiger partial charge in [0.25, 0.3) is 0 Å². The van der Waals surface area contributed by atoms with Crippen LogP contribution in [-0.4, -0.2) is 5.78 Å². The Morgan fingerprint density at radius 1 is 1.23 bits per heavy atom. The second kappa shape index (κ2) is 4.87. The van der Waals surface area contributed by atoms with Crippen LogP contribution < -0.4 is 5.73 Å². The summed E-state index contributed by atoms with van der Waals surface area (Å²) in [6.45, 7) is 3.78. The zero-order chi connectivity index (χ0) is 9.14. The lowest BCUT2D eigenvalue weighted by molar-refractivity contribution is 0.0939. The van der Waals surface area contributed by atoms with Crippen LogP contribution >= 0.6 is 12.4 Å². The number of Topliss-reactive ketones (excluding diaryl/α,β-unsaturated/α-hetero) is 1. The zero-order valence-electron chi connectivity index (χ0n) is 7.78. The van der Waals surface area contributed by atoms with Gasteiger partial charge in [-0.3, -0.25) is 4.79 Å². The van der Waals surface area contributed by atoms with Crippen LogP contribution in [0.1, 0.15) is 24.2 Å². The monoisotopic (exact) mass is 199 g/mol. The fourth-order valence-corrected chi connectivity index (χ4v) is 0.981. The molecule has 0 fully saturated rings. The van der Waals surface area contributed by atoms with E-state index in [1.165, 1.54) is 0 Å². The maximum atomic E-state index is 11.4. The zero-order valence-corrected chi connectivity index (χ0v) is 8.60. The Morgan fingerprint density at radius 2 is 1.69 bits per heavy atom. The number of nitrogens with two attached hydrogens (primary N) is 1. The third-order valence-corrected chi connectivity index (χ3v) is 1.72. The molecule has 0 aliphatic heterocycles. The first-order valence-electron chi connectivity index (χ1n) is 4.01. The van der Waals surface area contributed by atoms with Gasteiger partial charge in [-0.15, -0.1) is 12.4 Å². The maximum Gasteiger partial charge on any atom is 0.165 e. The molecule has 1 aromatic rings. The van der Waals surface area contributed by atoms with Crippen LogP contribution in [0.15, 0.2) is 24.3 Å². The van der Waals surface area contributed by atoms with Gasteiger partial charge in [0.15, 0.2) is 5.78 Å². The lowest BCUT2D eigenvalue weighted by Crippen LogP contribution is -2.06. The molecule has 0 unspecified atom stereocenters. The molecule has 3 heteroatoms. The third kappa shape index (κ3) is 3.07. The summed E-state index contributed by atoms with van der Waals surface area (Å²) in [5, 5.41) is 0. The number of benzene rings is 1. The normalized spacial score (nSPS) is 9.46. The average Bonchev–Trinajstić information content (AvgIpc) is 2.04. The molecule has 1 rings (SSSR count). The first-order chi connectivity index (χ1) is 5.61. The number of nitrogen functional groups attached to an aromatic ring is 1. The minimum absolute atomic E-state index is 0. The summed E-state index contributed by atoms with van der Waals surface area (Å²) in [6, 6.07) is 7.01. The van der Waals surface area contributed by atoms with Crippen molar-refractivity contribution in [2.24, 2.45) is 5.92 Å². The molecule has 0 atom stereocenters. The molecule has 0 heterocycles. The van der Waals surface area contributed by atoms with E-state index in [9.17, 15) is 4.79 Å². The predicted octanol–water partition coefficient (Wildman–Crippen LogP) is 2.53. The van der Waals surface area contributed by atoms with Crippen LogP contribution in [0.4, 0.5) is 5.69 Å². The Balaban J connectivity index is 0.00000144. The Morgan fingerprint density at radius 3 is 2.08 bits per heavy atom. The van der Waals surface area contributed by atoms with Crippen LogP contribution in [-0.2, 0) is 0 Å². The average molecular weight is 200 g/mol. The Labute approximate surface area is 84.5 Å². The highest BCUT2D eigenvalue weighted by atomic mass is 35.5. The van der Waals surface area contributed by atoms with Crippen molar-refractivity contribution in [1.29, 1.82) is 0 Å². The van der Waals surface area contributed by atoms with Gasteiger partial charge in [-0.2, -0.15) is 0 Å². The number of rotatable bonds is 2. The summed E-state index contributed by atoms with van der Waals surface area (Å²) in [4.78, 5) is 11.4. The van der Waals surface area contributed by atoms with Crippen LogP contribution in [0.25, 0.3) is 0 Å². The molecule has 2 nitrogen and oxygen atoms in total. The Kier molecular flexibility index (Phi) is 4.49. The van der Waals surface area contributed by atoms with Crippen molar-refractivity contribution in [1.82, 2.24) is 0 Å². The molecule has 0 aromatic heterocycles. The van der Waals surface area contributed by atoms with E-state index in [4.69, 9.17) is 5.73 Å². The molecule has 72 valence electrons. The summed E-state index contributed by atoms with van der Waals surface area (Å²) in [6.07, 6.45) is 0. The van der Waals surface area contributed by atoms with Crippen LogP contribution in [0.2, 0.25) is 0 Å². The maximum absolute atomic E-state index is 11.4. The molecule has 0 spiro atoms. The molecule has 0 radical (unpaired) electrons. The van der Waals surface area contributed by atoms with Crippen molar-refractivity contribution in [2.45, 2.75) is 13.8 Å². The van der Waals surface area contributed by atoms with E-state index in [1.807, 2.05) is 13.8 Å². The van der Waals surface area contributed by atoms with Crippen molar-refractivity contribution in [3.05, 3.63) is 29.8 Å². The molecular formula is C10H14ClNO. The molecule has 1 aromatic carbocycles. The molecule has 2 N–H and O–H groups in total. The van der Waals surface area contributed by atoms with Gasteiger partial charge in [0.2, 0.25) is 0 Å². The van der Waals surface area contributed by atoms with Crippen LogP contribution in [0.5, 0.6) is 0 Å². The summed E-state index contributed by atoms with van der Waals surface area (Å²) in [5.41, 5.74) is 6.92. The highest BCUT2D eigenvalue weighted by Gasteiger charge is 2.08. The number of ketones is 1. The van der Waals surface area contributed by atoms with E-state index in [1.54, 1.807) is 24.3 Å². The highest BCUT2D eigenvalue weighted by molar-refractivity contribution is 5.97. The lowest BCUT2D eigenvalue weighted by Gasteiger charge is -2.03. The van der Waals surface area contributed by atoms with E-state index < -0.39 is 0 Å². The lowest BCUT2D eigenvalue weighted by atomic mass is 10.0. The van der Waals surface area contributed by atoms with E-state index in [0.717, 1.165) is 5.56 Å². The molecule has 0 aliphatic carbocycles. The smallest absolute Gasteiger partial charge is 0.165 e. The Bertz CT molecular complexity index is 279. The summed E-state index contributed by atoms with van der Waals surface area (Å²) in [5.74, 6) is 0.212. The number of carbonyl (C=O) groups excluding carboxylic acids is 1. The Hall–Kier alpha value is -1.02. The van der Waals surface area contributed by atoms with Gasteiger partial charge < -0.3 is 5.73 Å². The highest BCUT2D eigenvalue weighted by Crippen LogP contribution is 2.10. The minimum Gasteiger partial charge on any atom is -0.399 e. The van der Waals surface area contributed by atoms with Gasteiger partial charge in [-0.1, -0.05) is 13.8 Å². The number of halogens is 1. The SMILES string of the molecule is CC(C)C(=O)c1ccc(N)cc1.Cl. The minimum atomic E-state index is 0. The van der Waals surface area contributed by atoms with Crippen molar-refractivity contribution in [2.75, 3.05) is 5.73 Å². The fourth-order valence-electron chi connectivity index (χ4n) is 0.981. The summed E-state index contributed by atoms with van der Waals surface area (Å²) >= 11 is 0. The fraction of sp³-hybridized carbons (Fsp3) is 0.300. The van der Waals surface area contributed by atoms with Gasteiger partial charge in [0, 0.05) is 17.2 Å². The molecule has 0 aliphatic rings. The van der Waals surface area contributed by atoms with Crippen LogP contribution in [0, 0.1) is 5.92 Å². The molecular weight excluding hydrogens is 186 g/mol. The van der Waals surface area contributed by atoms with Gasteiger partial charge in [-0.05, 0) is 24.3 Å². The number of carbonyl (C=O) groups is 1. The van der Waals surface area contributed by atoms with Gasteiger partial charge >= 0.3 is 0 Å². The molecule has 0 amide bonds. The second-order valence-electron chi connectivity index (χ2n) is 3.14.